The first-order valence-corrected chi connectivity index (χ1v) is 12.6. The van der Waals surface area contributed by atoms with Crippen molar-refractivity contribution in [3.63, 3.8) is 0 Å². The molecule has 2 aromatic rings. The van der Waals surface area contributed by atoms with Crippen LogP contribution >= 0.6 is 22.7 Å². The number of ether oxygens (including phenoxy) is 1. The maximum atomic E-state index is 13.2. The highest BCUT2D eigenvalue weighted by molar-refractivity contribution is 7.12. The number of hydrazone groups is 1. The summed E-state index contributed by atoms with van der Waals surface area (Å²) < 4.78 is 4.96. The molecule has 1 saturated heterocycles. The molecule has 4 rings (SSSR count). The molecule has 1 atom stereocenters. The summed E-state index contributed by atoms with van der Waals surface area (Å²) in [7, 11) is 1.62. The van der Waals surface area contributed by atoms with Crippen LogP contribution in [0.3, 0.4) is 0 Å². The van der Waals surface area contributed by atoms with Crippen molar-refractivity contribution in [3.8, 4) is 0 Å². The minimum Gasteiger partial charge on any atom is -0.383 e. The van der Waals surface area contributed by atoms with Crippen molar-refractivity contribution in [1.82, 2.24) is 20.1 Å². The van der Waals surface area contributed by atoms with Crippen LogP contribution in [0.4, 0.5) is 0 Å². The lowest BCUT2D eigenvalue weighted by atomic mass is 10.1. The summed E-state index contributed by atoms with van der Waals surface area (Å²) in [5.74, 6) is 0.0404. The van der Waals surface area contributed by atoms with E-state index in [-0.39, 0.29) is 17.9 Å². The van der Waals surface area contributed by atoms with Crippen LogP contribution in [0, 0.1) is 0 Å². The molecule has 0 unspecified atom stereocenters. The zero-order valence-corrected chi connectivity index (χ0v) is 19.9. The lowest BCUT2D eigenvalue weighted by molar-refractivity contribution is -0.135. The van der Waals surface area contributed by atoms with E-state index in [1.54, 1.807) is 34.8 Å². The van der Waals surface area contributed by atoms with Crippen LogP contribution in [0.15, 0.2) is 40.1 Å². The molecule has 1 N–H and O–H groups in total. The van der Waals surface area contributed by atoms with Crippen LogP contribution < -0.4 is 5.32 Å². The lowest BCUT2D eigenvalue weighted by Gasteiger charge is -2.34. The Labute approximate surface area is 196 Å². The molecule has 0 bridgehead atoms. The van der Waals surface area contributed by atoms with Crippen molar-refractivity contribution in [2.24, 2.45) is 5.10 Å². The molecule has 10 heteroatoms. The van der Waals surface area contributed by atoms with Crippen molar-refractivity contribution < 1.29 is 14.3 Å². The van der Waals surface area contributed by atoms with Crippen molar-refractivity contribution in [2.45, 2.75) is 12.5 Å². The number of piperazine rings is 1. The maximum Gasteiger partial charge on any atom is 0.257 e. The summed E-state index contributed by atoms with van der Waals surface area (Å²) in [4.78, 5) is 31.8. The number of carbonyl (C=O) groups is 2. The Hall–Kier alpha value is -2.11. The van der Waals surface area contributed by atoms with Crippen LogP contribution in [0.25, 0.3) is 0 Å². The molecule has 172 valence electrons. The molecule has 2 aromatic heterocycles. The van der Waals surface area contributed by atoms with Crippen LogP contribution in [-0.4, -0.2) is 91.9 Å². The van der Waals surface area contributed by atoms with Crippen LogP contribution in [0.1, 0.15) is 22.2 Å². The highest BCUT2D eigenvalue weighted by Gasteiger charge is 2.35. The lowest BCUT2D eigenvalue weighted by Crippen LogP contribution is -2.51. The molecule has 4 heterocycles. The van der Waals surface area contributed by atoms with Gasteiger partial charge in [-0.3, -0.25) is 19.4 Å². The predicted molar refractivity (Wildman–Crippen MR) is 127 cm³/mol. The third-order valence-electron chi connectivity index (χ3n) is 5.66. The quantitative estimate of drug-likeness (QED) is 0.561. The standard InChI is InChI=1S/C22H29N5O3S2/c1-30-11-6-23-21(28)15-25-7-9-26(10-8-25)16-22(29)27-18(20-5-3-13-32-20)14-17(24-27)19-4-2-12-31-19/h2-5,12-13,18H,6-11,14-16H2,1H3,(H,23,28)/t18-/m0/s1. The monoisotopic (exact) mass is 475 g/mol. The highest BCUT2D eigenvalue weighted by atomic mass is 32.1. The summed E-state index contributed by atoms with van der Waals surface area (Å²) in [5, 5.41) is 13.4. The fourth-order valence-electron chi connectivity index (χ4n) is 3.96. The van der Waals surface area contributed by atoms with Gasteiger partial charge in [0.1, 0.15) is 0 Å². The van der Waals surface area contributed by atoms with Gasteiger partial charge in [-0.1, -0.05) is 12.1 Å². The van der Waals surface area contributed by atoms with Gasteiger partial charge in [0, 0.05) is 51.1 Å². The van der Waals surface area contributed by atoms with E-state index >= 15 is 0 Å². The molecule has 2 amide bonds. The minimum atomic E-state index is -0.0308. The first-order chi connectivity index (χ1) is 15.6. The van der Waals surface area contributed by atoms with Gasteiger partial charge in [0.2, 0.25) is 5.91 Å². The van der Waals surface area contributed by atoms with E-state index in [1.165, 1.54) is 0 Å². The van der Waals surface area contributed by atoms with Crippen LogP contribution in [0.5, 0.6) is 0 Å². The van der Waals surface area contributed by atoms with Crippen LogP contribution in [-0.2, 0) is 14.3 Å². The molecular formula is C22H29N5O3S2. The molecule has 0 aromatic carbocycles. The maximum absolute atomic E-state index is 13.2. The molecule has 0 radical (unpaired) electrons. The number of hydrogen-bond donors (Lipinski definition) is 1. The van der Waals surface area contributed by atoms with E-state index in [0.717, 1.165) is 48.1 Å². The second kappa shape index (κ2) is 11.2. The summed E-state index contributed by atoms with van der Waals surface area (Å²) in [5.41, 5.74) is 0.982. The SMILES string of the molecule is COCCNC(=O)CN1CCN(CC(=O)N2N=C(c3cccs3)C[C@H]2c2cccs2)CC1. The van der Waals surface area contributed by atoms with Crippen LogP contribution in [0.2, 0.25) is 0 Å². The molecule has 1 fully saturated rings. The average Bonchev–Trinajstić information content (AvgIpc) is 3.55. The normalized spacial score (nSPS) is 19.8. The Morgan fingerprint density at radius 3 is 2.47 bits per heavy atom. The topological polar surface area (TPSA) is 77.5 Å². The third kappa shape index (κ3) is 5.81. The number of hydrogen-bond acceptors (Lipinski definition) is 8. The molecule has 0 spiro atoms. The Balaban J connectivity index is 1.31. The molecule has 32 heavy (non-hydrogen) atoms. The zero-order chi connectivity index (χ0) is 22.3. The molecular weight excluding hydrogens is 446 g/mol. The summed E-state index contributed by atoms with van der Waals surface area (Å²) in [6.45, 7) is 4.82. The number of methoxy groups -OCH3 is 1. The largest absolute Gasteiger partial charge is 0.383 e. The third-order valence-corrected chi connectivity index (χ3v) is 7.55. The van der Waals surface area contributed by atoms with Crippen molar-refractivity contribution >= 4 is 40.2 Å². The number of rotatable bonds is 9. The predicted octanol–water partition coefficient (Wildman–Crippen LogP) is 1.87. The minimum absolute atomic E-state index is 0.0119. The van der Waals surface area contributed by atoms with Gasteiger partial charge in [-0.2, -0.15) is 5.10 Å². The number of thiophene rings is 2. The number of amides is 2. The highest BCUT2D eigenvalue weighted by Crippen LogP contribution is 2.36. The first-order valence-electron chi connectivity index (χ1n) is 10.8. The average molecular weight is 476 g/mol. The van der Waals surface area contributed by atoms with Gasteiger partial charge in [-0.05, 0) is 22.9 Å². The van der Waals surface area contributed by atoms with E-state index in [0.29, 0.717) is 26.2 Å². The van der Waals surface area contributed by atoms with Gasteiger partial charge < -0.3 is 10.1 Å². The van der Waals surface area contributed by atoms with Crippen molar-refractivity contribution in [3.05, 3.63) is 44.8 Å². The fourth-order valence-corrected chi connectivity index (χ4v) is 5.49. The van der Waals surface area contributed by atoms with E-state index in [9.17, 15) is 9.59 Å². The van der Waals surface area contributed by atoms with E-state index < -0.39 is 0 Å². The molecule has 8 nitrogen and oxygen atoms in total. The first kappa shape index (κ1) is 23.1. The van der Waals surface area contributed by atoms with Crippen molar-refractivity contribution in [2.75, 3.05) is 59.5 Å². The van der Waals surface area contributed by atoms with Gasteiger partial charge >= 0.3 is 0 Å². The molecule has 2 aliphatic heterocycles. The summed E-state index contributed by atoms with van der Waals surface area (Å²) >= 11 is 3.33. The number of carbonyl (C=O) groups excluding carboxylic acids is 2. The van der Waals surface area contributed by atoms with E-state index in [1.807, 2.05) is 22.9 Å². The second-order valence-electron chi connectivity index (χ2n) is 7.89. The Kier molecular flexibility index (Phi) is 8.04. The van der Waals surface area contributed by atoms with Gasteiger partial charge in [0.05, 0.1) is 36.3 Å². The smallest absolute Gasteiger partial charge is 0.257 e. The van der Waals surface area contributed by atoms with Gasteiger partial charge in [0.15, 0.2) is 0 Å². The Morgan fingerprint density at radius 2 is 1.81 bits per heavy atom. The van der Waals surface area contributed by atoms with E-state index in [2.05, 4.69) is 27.2 Å². The number of nitrogens with zero attached hydrogens (tertiary/aromatic N) is 4. The fraction of sp³-hybridized carbons (Fsp3) is 0.500. The van der Waals surface area contributed by atoms with Gasteiger partial charge in [-0.15, -0.1) is 22.7 Å². The Morgan fingerprint density at radius 1 is 1.09 bits per heavy atom. The van der Waals surface area contributed by atoms with Gasteiger partial charge in [0.25, 0.3) is 5.91 Å². The number of nitrogens with one attached hydrogen (secondary N) is 1. The summed E-state index contributed by atoms with van der Waals surface area (Å²) in [6, 6.07) is 8.16. The second-order valence-corrected chi connectivity index (χ2v) is 9.82. The summed E-state index contributed by atoms with van der Waals surface area (Å²) in [6.07, 6.45) is 0.749. The molecule has 0 saturated carbocycles. The molecule has 0 aliphatic carbocycles. The van der Waals surface area contributed by atoms with Gasteiger partial charge in [-0.25, -0.2) is 5.01 Å². The van der Waals surface area contributed by atoms with E-state index in [4.69, 9.17) is 9.84 Å². The van der Waals surface area contributed by atoms with Crippen molar-refractivity contribution in [1.29, 1.82) is 0 Å². The zero-order valence-electron chi connectivity index (χ0n) is 18.2. The molecule has 2 aliphatic rings. The Bertz CT molecular complexity index is 908.